The Kier molecular flexibility index (Phi) is 16.2. The van der Waals surface area contributed by atoms with Gasteiger partial charge in [0.25, 0.3) is 0 Å². The lowest BCUT2D eigenvalue weighted by Crippen LogP contribution is -2.65. The number of rotatable bonds is 16. The molecule has 2 bridgehead atoms. The predicted molar refractivity (Wildman–Crippen MR) is 229 cm³/mol. The third-order valence-electron chi connectivity index (χ3n) is 18.0. The van der Waals surface area contributed by atoms with Crippen molar-refractivity contribution in [2.24, 2.45) is 33.5 Å². The van der Waals surface area contributed by atoms with Crippen LogP contribution in [0.3, 0.4) is 0 Å². The van der Waals surface area contributed by atoms with E-state index in [4.69, 9.17) is 33.2 Å². The van der Waals surface area contributed by atoms with Crippen molar-refractivity contribution in [2.75, 3.05) is 26.4 Å². The summed E-state index contributed by atoms with van der Waals surface area (Å²) in [6.07, 6.45) is -26.0. The Balaban J connectivity index is 1.17. The minimum absolute atomic E-state index is 0.235. The van der Waals surface area contributed by atoms with E-state index in [1.54, 1.807) is 0 Å². The van der Waals surface area contributed by atoms with Crippen LogP contribution >= 0.6 is 0 Å². The number of ether oxygens (including phenoxy) is 7. The Morgan fingerprint density at radius 2 is 1.31 bits per heavy atom. The van der Waals surface area contributed by atoms with Gasteiger partial charge < -0.3 is 105 Å². The maximum absolute atomic E-state index is 14.4. The molecule has 25 atom stereocenters. The first kappa shape index (κ1) is 54.2. The molecular formula is C46H76O22. The number of aliphatic hydroxyl groups excluding tert-OH is 14. The minimum Gasteiger partial charge on any atom is -0.432 e. The molecule has 0 aromatic heterocycles. The average Bonchev–Trinajstić information content (AvgIpc) is 3.54. The lowest BCUT2D eigenvalue weighted by molar-refractivity contribution is -0.364. The third kappa shape index (κ3) is 9.02. The summed E-state index contributed by atoms with van der Waals surface area (Å²) >= 11 is 0. The second-order valence-corrected chi connectivity index (χ2v) is 21.6. The number of esters is 1. The fourth-order valence-electron chi connectivity index (χ4n) is 13.5. The van der Waals surface area contributed by atoms with E-state index in [2.05, 4.69) is 20.4 Å². The van der Waals surface area contributed by atoms with Crippen LogP contribution in [0.4, 0.5) is 0 Å². The smallest absolute Gasteiger partial charge is 0.314 e. The Morgan fingerprint density at radius 1 is 0.721 bits per heavy atom. The Bertz CT molecular complexity index is 1760. The first-order valence-electron chi connectivity index (χ1n) is 24.0. The van der Waals surface area contributed by atoms with E-state index >= 15 is 0 Å². The molecule has 3 aliphatic heterocycles. The van der Waals surface area contributed by atoms with Crippen molar-refractivity contribution in [3.63, 3.8) is 0 Å². The SMILES string of the molecule is C=C1C[C@@]23CC[C@@H]4[C@](C)(C(=O)O[C@@H]5OC(CO)[C@@H](O)[C@H](O)C5O)CCC[C@@]4(C)[C@]2(C)CC[C@]1(O[C@H](O)[C@H](O[C@@H]1OC(CO)[C@@H](O)C(O)C1O)C(O[C@H]1CC(O)C(O)[C@@H](CO)O1)C(O)[C@H](C)CO)C3. The van der Waals surface area contributed by atoms with Crippen LogP contribution in [0.2, 0.25) is 0 Å². The highest BCUT2D eigenvalue weighted by Gasteiger charge is 2.74. The molecule has 14 N–H and O–H groups in total. The fourth-order valence-corrected chi connectivity index (χ4v) is 13.5. The van der Waals surface area contributed by atoms with Gasteiger partial charge in [-0.25, -0.2) is 0 Å². The molecule has 68 heavy (non-hydrogen) atoms. The summed E-state index contributed by atoms with van der Waals surface area (Å²) in [5.74, 6) is -1.87. The molecule has 4 aliphatic carbocycles. The summed E-state index contributed by atoms with van der Waals surface area (Å²) in [4.78, 5) is 14.4. The van der Waals surface area contributed by atoms with Gasteiger partial charge in [-0.1, -0.05) is 33.8 Å². The molecule has 7 aliphatic rings. The van der Waals surface area contributed by atoms with E-state index in [1.165, 1.54) is 6.92 Å². The molecular weight excluding hydrogens is 904 g/mol. The zero-order valence-electron chi connectivity index (χ0n) is 39.2. The lowest BCUT2D eigenvalue weighted by Gasteiger charge is -2.69. The second kappa shape index (κ2) is 20.4. The molecule has 22 heteroatoms. The number of hydrogen-bond acceptors (Lipinski definition) is 22. The molecule has 3 saturated heterocycles. The number of hydrogen-bond donors (Lipinski definition) is 14. The normalized spacial score (nSPS) is 49.5. The van der Waals surface area contributed by atoms with E-state index in [9.17, 15) is 76.3 Å². The first-order valence-corrected chi connectivity index (χ1v) is 24.0. The van der Waals surface area contributed by atoms with Crippen LogP contribution in [-0.4, -0.2) is 220 Å². The van der Waals surface area contributed by atoms with Crippen molar-refractivity contribution in [1.82, 2.24) is 0 Å². The molecule has 0 radical (unpaired) electrons. The van der Waals surface area contributed by atoms with Crippen LogP contribution in [0, 0.1) is 33.5 Å². The molecule has 7 rings (SSSR count). The number of fused-ring (bicyclic) bond motifs is 3. The maximum Gasteiger partial charge on any atom is 0.314 e. The molecule has 392 valence electrons. The molecule has 9 unspecified atom stereocenters. The van der Waals surface area contributed by atoms with E-state index < -0.39 is 176 Å². The van der Waals surface area contributed by atoms with Gasteiger partial charge in [0.05, 0.1) is 43.0 Å². The van der Waals surface area contributed by atoms with Gasteiger partial charge >= 0.3 is 5.97 Å². The molecule has 22 nitrogen and oxygen atoms in total. The number of carbonyl (C=O) groups excluding carboxylic acids is 1. The summed E-state index contributed by atoms with van der Waals surface area (Å²) in [5, 5.41) is 149. The number of aliphatic hydroxyl groups is 14. The van der Waals surface area contributed by atoms with Crippen molar-refractivity contribution in [3.05, 3.63) is 12.2 Å². The highest BCUT2D eigenvalue weighted by Crippen LogP contribution is 2.79. The van der Waals surface area contributed by atoms with E-state index in [0.717, 1.165) is 6.42 Å². The third-order valence-corrected chi connectivity index (χ3v) is 18.0. The molecule has 0 amide bonds. The molecule has 3 heterocycles. The second-order valence-electron chi connectivity index (χ2n) is 21.6. The Morgan fingerprint density at radius 3 is 1.91 bits per heavy atom. The van der Waals surface area contributed by atoms with Crippen LogP contribution in [0.1, 0.15) is 91.9 Å². The fraction of sp³-hybridized carbons (Fsp3) is 0.935. The Hall–Kier alpha value is -1.59. The average molecular weight is 981 g/mol. The van der Waals surface area contributed by atoms with Gasteiger partial charge in [0, 0.05) is 18.9 Å². The van der Waals surface area contributed by atoms with Gasteiger partial charge in [-0.2, -0.15) is 0 Å². The van der Waals surface area contributed by atoms with Gasteiger partial charge in [-0.15, -0.1) is 0 Å². The monoisotopic (exact) mass is 980 g/mol. The van der Waals surface area contributed by atoms with Crippen LogP contribution in [0.25, 0.3) is 0 Å². The molecule has 0 aromatic carbocycles. The van der Waals surface area contributed by atoms with Gasteiger partial charge in [-0.3, -0.25) is 4.79 Å². The van der Waals surface area contributed by atoms with Crippen molar-refractivity contribution in [2.45, 2.75) is 208 Å². The Labute approximate surface area is 395 Å². The summed E-state index contributed by atoms with van der Waals surface area (Å²) in [5.41, 5.74) is -3.12. The summed E-state index contributed by atoms with van der Waals surface area (Å²) in [6, 6.07) is 0. The van der Waals surface area contributed by atoms with Crippen LogP contribution < -0.4 is 0 Å². The van der Waals surface area contributed by atoms with Crippen LogP contribution in [0.5, 0.6) is 0 Å². The van der Waals surface area contributed by atoms with Crippen molar-refractivity contribution in [1.29, 1.82) is 0 Å². The molecule has 7 fully saturated rings. The van der Waals surface area contributed by atoms with Gasteiger partial charge in [0.15, 0.2) is 18.9 Å². The largest absolute Gasteiger partial charge is 0.432 e. The first-order chi connectivity index (χ1) is 31.9. The van der Waals surface area contributed by atoms with E-state index in [-0.39, 0.29) is 12.3 Å². The van der Waals surface area contributed by atoms with E-state index in [0.29, 0.717) is 56.9 Å². The molecule has 1 spiro atoms. The minimum atomic E-state index is -2.08. The lowest BCUT2D eigenvalue weighted by atomic mass is 9.35. The van der Waals surface area contributed by atoms with Crippen LogP contribution in [-0.2, 0) is 38.0 Å². The molecule has 0 aromatic rings. The van der Waals surface area contributed by atoms with Gasteiger partial charge in [0.1, 0.15) is 73.2 Å². The highest BCUT2D eigenvalue weighted by atomic mass is 16.8. The molecule has 4 saturated carbocycles. The van der Waals surface area contributed by atoms with Crippen molar-refractivity contribution in [3.8, 4) is 0 Å². The zero-order valence-corrected chi connectivity index (χ0v) is 39.2. The standard InChI is InChI=1S/C46H76O22/c1-20(15-47)28(52)36(65-27-13-22(51)29(53)23(16-48)62-27)37(66-39-34(58)32(56)30(54)24(17-49)63-39)38(60)68-46-12-11-44(5)43(4)9-6-8-42(3,26(43)7-10-45(44,19-46)14-21(46)2)41(61)67-40-35(59)33(57)31(55)25(18-50)64-40/h20,22-40,47-60H,2,6-19H2,1,3-5H3/t20-,22?,23-,24?,25?,26-,27+,28?,29?,30-,31-,32?,33+,34?,35?,36?,37-,38+,39+,40+,42-,43-,44+,45-,46+/m1/s1. The van der Waals surface area contributed by atoms with Crippen LogP contribution in [0.15, 0.2) is 12.2 Å². The summed E-state index contributed by atoms with van der Waals surface area (Å²) < 4.78 is 42.0. The summed E-state index contributed by atoms with van der Waals surface area (Å²) in [6.45, 7) is 9.34. The quantitative estimate of drug-likeness (QED) is 0.0406. The number of carbonyl (C=O) groups is 1. The van der Waals surface area contributed by atoms with Gasteiger partial charge in [0.2, 0.25) is 6.29 Å². The van der Waals surface area contributed by atoms with Gasteiger partial charge in [-0.05, 0) is 86.0 Å². The van der Waals surface area contributed by atoms with Crippen molar-refractivity contribution >= 4 is 5.97 Å². The predicted octanol–water partition coefficient (Wildman–Crippen LogP) is -3.46. The summed E-state index contributed by atoms with van der Waals surface area (Å²) in [7, 11) is 0. The van der Waals surface area contributed by atoms with E-state index in [1.807, 2.05) is 6.92 Å². The maximum atomic E-state index is 14.4. The van der Waals surface area contributed by atoms with Crippen molar-refractivity contribution < 1.29 is 109 Å². The zero-order chi connectivity index (χ0) is 50.1. The highest BCUT2D eigenvalue weighted by molar-refractivity contribution is 5.77. The topological polar surface area (TPSA) is 365 Å².